The van der Waals surface area contributed by atoms with E-state index in [-0.39, 0.29) is 12.1 Å². The molecule has 1 N–H and O–H groups in total. The van der Waals surface area contributed by atoms with Crippen molar-refractivity contribution in [3.8, 4) is 0 Å². The first-order valence-electron chi connectivity index (χ1n) is 5.57. The fourth-order valence-corrected chi connectivity index (χ4v) is 1.62. The Bertz CT molecular complexity index is 526. The zero-order valence-corrected chi connectivity index (χ0v) is 9.80. The lowest BCUT2D eigenvalue weighted by atomic mass is 10.1. The maximum absolute atomic E-state index is 12.4. The molecule has 6 heteroatoms. The van der Waals surface area contributed by atoms with Gasteiger partial charge in [-0.15, -0.1) is 0 Å². The Morgan fingerprint density at radius 1 is 1.16 bits per heavy atom. The third-order valence-corrected chi connectivity index (χ3v) is 2.61. The molecule has 0 aliphatic carbocycles. The second-order valence-corrected chi connectivity index (χ2v) is 4.05. The molecule has 0 saturated heterocycles. The molecule has 100 valence electrons. The zero-order chi connectivity index (χ0) is 13.9. The number of alkyl halides is 3. The molecule has 0 aliphatic rings. The molecule has 0 spiro atoms. The van der Waals surface area contributed by atoms with Crippen molar-refractivity contribution in [1.29, 1.82) is 0 Å². The molecule has 0 radical (unpaired) electrons. The first-order valence-corrected chi connectivity index (χ1v) is 5.57. The van der Waals surface area contributed by atoms with Gasteiger partial charge in [-0.2, -0.15) is 13.2 Å². The summed E-state index contributed by atoms with van der Waals surface area (Å²) in [5.74, 6) is 0. The highest BCUT2D eigenvalue weighted by atomic mass is 19.4. The Balaban J connectivity index is 2.10. The number of aliphatic hydroxyl groups excluding tert-OH is 1. The first kappa shape index (κ1) is 13.5. The van der Waals surface area contributed by atoms with Crippen molar-refractivity contribution in [3.63, 3.8) is 0 Å². The fraction of sp³-hybridized carbons (Fsp3) is 0.231. The number of hydrogen-bond acceptors (Lipinski definition) is 3. The van der Waals surface area contributed by atoms with Crippen molar-refractivity contribution in [2.24, 2.45) is 0 Å². The van der Waals surface area contributed by atoms with Crippen LogP contribution in [0.1, 0.15) is 22.9 Å². The largest absolute Gasteiger partial charge is 0.417 e. The highest BCUT2D eigenvalue weighted by molar-refractivity contribution is 5.20. The lowest BCUT2D eigenvalue weighted by Crippen LogP contribution is -2.08. The molecule has 1 atom stereocenters. The number of pyridine rings is 2. The molecule has 0 saturated carbocycles. The molecule has 2 heterocycles. The number of aromatic nitrogens is 2. The Labute approximate surface area is 107 Å². The Morgan fingerprint density at radius 2 is 1.95 bits per heavy atom. The summed E-state index contributed by atoms with van der Waals surface area (Å²) in [5.41, 5.74) is 0.165. The smallest absolute Gasteiger partial charge is 0.386 e. The van der Waals surface area contributed by atoms with Crippen molar-refractivity contribution in [1.82, 2.24) is 9.97 Å². The molecule has 0 aromatic carbocycles. The Kier molecular flexibility index (Phi) is 3.80. The minimum atomic E-state index is -4.42. The summed E-state index contributed by atoms with van der Waals surface area (Å²) in [5, 5.41) is 9.90. The summed E-state index contributed by atoms with van der Waals surface area (Å²) < 4.78 is 37.1. The number of hydrogen-bond donors (Lipinski definition) is 1. The van der Waals surface area contributed by atoms with Gasteiger partial charge < -0.3 is 5.11 Å². The van der Waals surface area contributed by atoms with E-state index in [0.717, 1.165) is 17.8 Å². The topological polar surface area (TPSA) is 46.0 Å². The molecular formula is C13H11F3N2O. The summed E-state index contributed by atoms with van der Waals surface area (Å²) >= 11 is 0. The van der Waals surface area contributed by atoms with Gasteiger partial charge in [0.05, 0.1) is 17.4 Å². The summed E-state index contributed by atoms with van der Waals surface area (Å²) in [4.78, 5) is 7.55. The second kappa shape index (κ2) is 5.36. The molecule has 3 nitrogen and oxygen atoms in total. The van der Waals surface area contributed by atoms with Gasteiger partial charge in [-0.3, -0.25) is 9.97 Å². The lowest BCUT2D eigenvalue weighted by Gasteiger charge is -2.11. The number of nitrogens with zero attached hydrogens (tertiary/aromatic N) is 2. The van der Waals surface area contributed by atoms with E-state index in [1.807, 2.05) is 0 Å². The maximum Gasteiger partial charge on any atom is 0.417 e. The van der Waals surface area contributed by atoms with E-state index >= 15 is 0 Å². The monoisotopic (exact) mass is 268 g/mol. The molecule has 19 heavy (non-hydrogen) atoms. The van der Waals surface area contributed by atoms with Crippen molar-refractivity contribution in [2.75, 3.05) is 0 Å². The van der Waals surface area contributed by atoms with Crippen LogP contribution in [-0.2, 0) is 12.6 Å². The highest BCUT2D eigenvalue weighted by Crippen LogP contribution is 2.29. The molecule has 0 amide bonds. The molecular weight excluding hydrogens is 257 g/mol. The van der Waals surface area contributed by atoms with Crippen LogP contribution in [0, 0.1) is 0 Å². The van der Waals surface area contributed by atoms with E-state index < -0.39 is 17.8 Å². The predicted molar refractivity (Wildman–Crippen MR) is 62.1 cm³/mol. The third-order valence-electron chi connectivity index (χ3n) is 2.61. The SMILES string of the molecule is OC(Cc1cccnc1)c1ccc(C(F)(F)F)cn1. The fourth-order valence-electron chi connectivity index (χ4n) is 1.62. The van der Waals surface area contributed by atoms with Gasteiger partial charge in [0.15, 0.2) is 0 Å². The van der Waals surface area contributed by atoms with E-state index in [2.05, 4.69) is 9.97 Å². The standard InChI is InChI=1S/C13H11F3N2O/c14-13(15,16)10-3-4-11(18-8-10)12(19)6-9-2-1-5-17-7-9/h1-5,7-8,12,19H,6H2. The van der Waals surface area contributed by atoms with E-state index in [1.165, 1.54) is 6.07 Å². The van der Waals surface area contributed by atoms with Gasteiger partial charge in [0.25, 0.3) is 0 Å². The number of halogens is 3. The van der Waals surface area contributed by atoms with Crippen LogP contribution in [0.3, 0.4) is 0 Å². The highest BCUT2D eigenvalue weighted by Gasteiger charge is 2.30. The average molecular weight is 268 g/mol. The van der Waals surface area contributed by atoms with E-state index in [1.54, 1.807) is 24.5 Å². The van der Waals surface area contributed by atoms with Crippen LogP contribution in [-0.4, -0.2) is 15.1 Å². The predicted octanol–water partition coefficient (Wildman–Crippen LogP) is 2.77. The quantitative estimate of drug-likeness (QED) is 0.931. The van der Waals surface area contributed by atoms with E-state index in [0.29, 0.717) is 0 Å². The van der Waals surface area contributed by atoms with Gasteiger partial charge in [0, 0.05) is 25.0 Å². The van der Waals surface area contributed by atoms with Gasteiger partial charge in [0.1, 0.15) is 0 Å². The average Bonchev–Trinajstić information content (AvgIpc) is 2.39. The molecule has 0 bridgehead atoms. The van der Waals surface area contributed by atoms with Gasteiger partial charge in [-0.25, -0.2) is 0 Å². The van der Waals surface area contributed by atoms with Crippen LogP contribution in [0.4, 0.5) is 13.2 Å². The van der Waals surface area contributed by atoms with Gasteiger partial charge >= 0.3 is 6.18 Å². The van der Waals surface area contributed by atoms with Crippen LogP contribution in [0.25, 0.3) is 0 Å². The third kappa shape index (κ3) is 3.51. The van der Waals surface area contributed by atoms with Crippen LogP contribution in [0.15, 0.2) is 42.9 Å². The minimum Gasteiger partial charge on any atom is -0.386 e. The molecule has 2 rings (SSSR count). The van der Waals surface area contributed by atoms with Crippen LogP contribution < -0.4 is 0 Å². The summed E-state index contributed by atoms with van der Waals surface area (Å²) in [6.07, 6.45) is -1.19. The molecule has 2 aromatic rings. The van der Waals surface area contributed by atoms with E-state index in [9.17, 15) is 18.3 Å². The second-order valence-electron chi connectivity index (χ2n) is 4.05. The van der Waals surface area contributed by atoms with E-state index in [4.69, 9.17) is 0 Å². The van der Waals surface area contributed by atoms with Gasteiger partial charge in [-0.05, 0) is 23.8 Å². The van der Waals surface area contributed by atoms with Gasteiger partial charge in [0.2, 0.25) is 0 Å². The zero-order valence-electron chi connectivity index (χ0n) is 9.80. The normalized spacial score (nSPS) is 13.3. The van der Waals surface area contributed by atoms with Gasteiger partial charge in [-0.1, -0.05) is 6.07 Å². The lowest BCUT2D eigenvalue weighted by molar-refractivity contribution is -0.137. The Hall–Kier alpha value is -1.95. The maximum atomic E-state index is 12.4. The summed E-state index contributed by atoms with van der Waals surface area (Å²) in [7, 11) is 0. The summed E-state index contributed by atoms with van der Waals surface area (Å²) in [6.45, 7) is 0. The molecule has 0 aliphatic heterocycles. The van der Waals surface area contributed by atoms with Crippen LogP contribution in [0.2, 0.25) is 0 Å². The van der Waals surface area contributed by atoms with Crippen molar-refractivity contribution in [3.05, 3.63) is 59.7 Å². The number of rotatable bonds is 3. The minimum absolute atomic E-state index is 0.205. The Morgan fingerprint density at radius 3 is 2.47 bits per heavy atom. The molecule has 2 aromatic heterocycles. The van der Waals surface area contributed by atoms with Crippen molar-refractivity contribution in [2.45, 2.75) is 18.7 Å². The molecule has 0 fully saturated rings. The number of aliphatic hydroxyl groups is 1. The van der Waals surface area contributed by atoms with Crippen LogP contribution >= 0.6 is 0 Å². The van der Waals surface area contributed by atoms with Crippen LogP contribution in [0.5, 0.6) is 0 Å². The van der Waals surface area contributed by atoms with Crippen molar-refractivity contribution < 1.29 is 18.3 Å². The first-order chi connectivity index (χ1) is 8.97. The summed E-state index contributed by atoms with van der Waals surface area (Å²) in [6, 6.07) is 5.60. The molecule has 1 unspecified atom stereocenters. The van der Waals surface area contributed by atoms with Crippen molar-refractivity contribution >= 4 is 0 Å².